The number of halogens is 1. The summed E-state index contributed by atoms with van der Waals surface area (Å²) >= 11 is 0. The Labute approximate surface area is 121 Å². The highest BCUT2D eigenvalue weighted by Gasteiger charge is 2.44. The number of amides is 1. The fourth-order valence-electron chi connectivity index (χ4n) is 2.82. The van der Waals surface area contributed by atoms with E-state index in [1.165, 1.54) is 4.90 Å². The van der Waals surface area contributed by atoms with Crippen LogP contribution >= 0.6 is 0 Å². The van der Waals surface area contributed by atoms with Crippen molar-refractivity contribution in [3.05, 3.63) is 17.2 Å². The SMILES string of the molecule is Cc1nc(N2C[C@@H]3NC(=N)N(C)C(=O)[C@@H]3C2)nc(C)c1F. The molecule has 2 atom stereocenters. The molecule has 2 N–H and O–H groups in total. The summed E-state index contributed by atoms with van der Waals surface area (Å²) in [5.41, 5.74) is 0.605. The van der Waals surface area contributed by atoms with E-state index < -0.39 is 5.82 Å². The lowest BCUT2D eigenvalue weighted by atomic mass is 10.0. The Kier molecular flexibility index (Phi) is 3.03. The predicted octanol–water partition coefficient (Wildman–Crippen LogP) is 0.0337. The third kappa shape index (κ3) is 2.10. The number of hydrogen-bond acceptors (Lipinski definition) is 5. The van der Waals surface area contributed by atoms with E-state index in [9.17, 15) is 9.18 Å². The van der Waals surface area contributed by atoms with Crippen molar-refractivity contribution in [2.24, 2.45) is 5.92 Å². The number of carbonyl (C=O) groups excluding carboxylic acids is 1. The quantitative estimate of drug-likeness (QED) is 0.763. The number of rotatable bonds is 1. The molecule has 0 aromatic carbocycles. The molecule has 0 saturated carbocycles. The van der Waals surface area contributed by atoms with Crippen molar-refractivity contribution in [1.29, 1.82) is 5.41 Å². The summed E-state index contributed by atoms with van der Waals surface area (Å²) in [6, 6.07) is -0.129. The van der Waals surface area contributed by atoms with Crippen molar-refractivity contribution >= 4 is 17.8 Å². The van der Waals surface area contributed by atoms with Crippen molar-refractivity contribution in [3.63, 3.8) is 0 Å². The fraction of sp³-hybridized carbons (Fsp3) is 0.538. The minimum atomic E-state index is -0.397. The normalized spacial score (nSPS) is 25.1. The van der Waals surface area contributed by atoms with Crippen LogP contribution in [-0.2, 0) is 4.79 Å². The number of carbonyl (C=O) groups is 1. The van der Waals surface area contributed by atoms with Crippen LogP contribution in [0.25, 0.3) is 0 Å². The standard InChI is InChI=1S/C13H17FN6O/c1-6-10(14)7(2)17-13(16-6)20-4-8-9(5-20)18-12(15)19(3)11(8)21/h8-9H,4-5H2,1-3H3,(H2,15,18)/t8-,9+/m1/s1. The molecule has 1 amide bonds. The third-order valence-electron chi connectivity index (χ3n) is 4.08. The molecule has 0 unspecified atom stereocenters. The number of nitrogens with one attached hydrogen (secondary N) is 2. The molecule has 0 bridgehead atoms. The van der Waals surface area contributed by atoms with E-state index in [0.29, 0.717) is 30.4 Å². The van der Waals surface area contributed by atoms with Gasteiger partial charge in [0.25, 0.3) is 0 Å². The number of aromatic nitrogens is 2. The van der Waals surface area contributed by atoms with Crippen LogP contribution in [0.2, 0.25) is 0 Å². The molecule has 21 heavy (non-hydrogen) atoms. The molecular formula is C13H17FN6O. The Morgan fingerprint density at radius 3 is 2.52 bits per heavy atom. The molecule has 0 aliphatic carbocycles. The van der Waals surface area contributed by atoms with Gasteiger partial charge >= 0.3 is 0 Å². The van der Waals surface area contributed by atoms with Crippen LogP contribution in [0.5, 0.6) is 0 Å². The molecule has 7 nitrogen and oxygen atoms in total. The molecule has 112 valence electrons. The van der Waals surface area contributed by atoms with Gasteiger partial charge in [-0.3, -0.25) is 15.1 Å². The van der Waals surface area contributed by atoms with Crippen molar-refractivity contribution in [2.45, 2.75) is 19.9 Å². The first-order valence-electron chi connectivity index (χ1n) is 6.77. The van der Waals surface area contributed by atoms with Gasteiger partial charge in [-0.1, -0.05) is 0 Å². The summed E-state index contributed by atoms with van der Waals surface area (Å²) in [7, 11) is 1.58. The summed E-state index contributed by atoms with van der Waals surface area (Å²) in [6.07, 6.45) is 0. The topological polar surface area (TPSA) is 85.2 Å². The summed E-state index contributed by atoms with van der Waals surface area (Å²) in [5.74, 6) is -0.175. The van der Waals surface area contributed by atoms with Gasteiger partial charge in [0.15, 0.2) is 11.8 Å². The Bertz CT molecular complexity index is 610. The second-order valence-corrected chi connectivity index (χ2v) is 5.52. The van der Waals surface area contributed by atoms with E-state index in [1.54, 1.807) is 20.9 Å². The zero-order chi connectivity index (χ0) is 15.3. The van der Waals surface area contributed by atoms with Crippen molar-refractivity contribution in [2.75, 3.05) is 25.0 Å². The second kappa shape index (κ2) is 4.64. The molecule has 2 fully saturated rings. The van der Waals surface area contributed by atoms with Crippen molar-refractivity contribution in [3.8, 4) is 0 Å². The summed E-state index contributed by atoms with van der Waals surface area (Å²) < 4.78 is 13.6. The van der Waals surface area contributed by atoms with E-state index in [-0.39, 0.29) is 23.8 Å². The van der Waals surface area contributed by atoms with Crippen LogP contribution in [0, 0.1) is 31.0 Å². The van der Waals surface area contributed by atoms with Crippen LogP contribution in [0.4, 0.5) is 10.3 Å². The largest absolute Gasteiger partial charge is 0.351 e. The number of guanidine groups is 1. The average molecular weight is 292 g/mol. The van der Waals surface area contributed by atoms with Crippen LogP contribution < -0.4 is 10.2 Å². The second-order valence-electron chi connectivity index (χ2n) is 5.52. The highest BCUT2D eigenvalue weighted by atomic mass is 19.1. The number of fused-ring (bicyclic) bond motifs is 1. The maximum absolute atomic E-state index is 13.6. The first kappa shape index (κ1) is 13.7. The van der Waals surface area contributed by atoms with Gasteiger partial charge in [0, 0.05) is 20.1 Å². The van der Waals surface area contributed by atoms with Gasteiger partial charge < -0.3 is 10.2 Å². The number of aryl methyl sites for hydroxylation is 2. The van der Waals surface area contributed by atoms with Crippen LogP contribution in [0.1, 0.15) is 11.4 Å². The van der Waals surface area contributed by atoms with Gasteiger partial charge in [-0.25, -0.2) is 14.4 Å². The first-order valence-corrected chi connectivity index (χ1v) is 6.77. The van der Waals surface area contributed by atoms with Gasteiger partial charge in [0.2, 0.25) is 11.9 Å². The maximum Gasteiger partial charge on any atom is 0.236 e. The van der Waals surface area contributed by atoms with E-state index >= 15 is 0 Å². The fourth-order valence-corrected chi connectivity index (χ4v) is 2.82. The van der Waals surface area contributed by atoms with Gasteiger partial charge in [-0.2, -0.15) is 0 Å². The van der Waals surface area contributed by atoms with Crippen molar-refractivity contribution < 1.29 is 9.18 Å². The summed E-state index contributed by atoms with van der Waals surface area (Å²) in [4.78, 5) is 23.7. The lowest BCUT2D eigenvalue weighted by Crippen LogP contribution is -2.58. The van der Waals surface area contributed by atoms with Crippen LogP contribution in [0.3, 0.4) is 0 Å². The van der Waals surface area contributed by atoms with E-state index in [4.69, 9.17) is 5.41 Å². The first-order chi connectivity index (χ1) is 9.88. The van der Waals surface area contributed by atoms with Gasteiger partial charge in [0.05, 0.1) is 23.3 Å². The number of nitrogens with zero attached hydrogens (tertiary/aromatic N) is 4. The molecule has 2 aliphatic rings. The van der Waals surface area contributed by atoms with Crippen molar-refractivity contribution in [1.82, 2.24) is 20.2 Å². The molecule has 0 radical (unpaired) electrons. The molecule has 3 rings (SSSR count). The molecule has 1 aromatic heterocycles. The number of anilines is 1. The molecule has 3 heterocycles. The van der Waals surface area contributed by atoms with E-state index in [2.05, 4.69) is 15.3 Å². The highest BCUT2D eigenvalue weighted by Crippen LogP contribution is 2.26. The average Bonchev–Trinajstić information content (AvgIpc) is 2.85. The third-order valence-corrected chi connectivity index (χ3v) is 4.08. The zero-order valence-electron chi connectivity index (χ0n) is 12.1. The van der Waals surface area contributed by atoms with Gasteiger partial charge in [0.1, 0.15) is 0 Å². The molecule has 0 spiro atoms. The zero-order valence-corrected chi connectivity index (χ0v) is 12.1. The lowest BCUT2D eigenvalue weighted by Gasteiger charge is -2.32. The molecule has 1 aromatic rings. The van der Waals surface area contributed by atoms with E-state index in [1.807, 2.05) is 4.90 Å². The van der Waals surface area contributed by atoms with Gasteiger partial charge in [-0.05, 0) is 13.8 Å². The Morgan fingerprint density at radius 2 is 1.90 bits per heavy atom. The molecule has 2 saturated heterocycles. The predicted molar refractivity (Wildman–Crippen MR) is 74.6 cm³/mol. The lowest BCUT2D eigenvalue weighted by molar-refractivity contribution is -0.131. The minimum absolute atomic E-state index is 0.0817. The van der Waals surface area contributed by atoms with Crippen LogP contribution in [0.15, 0.2) is 0 Å². The Balaban J connectivity index is 1.87. The molecular weight excluding hydrogens is 275 g/mol. The summed E-state index contributed by atoms with van der Waals surface area (Å²) in [5, 5.41) is 10.8. The van der Waals surface area contributed by atoms with E-state index in [0.717, 1.165) is 0 Å². The molecule has 2 aliphatic heterocycles. The van der Waals surface area contributed by atoms with Crippen LogP contribution in [-0.4, -0.2) is 52.9 Å². The molecule has 8 heteroatoms. The minimum Gasteiger partial charge on any atom is -0.351 e. The maximum atomic E-state index is 13.6. The Morgan fingerprint density at radius 1 is 1.29 bits per heavy atom. The number of hydrogen-bond donors (Lipinski definition) is 2. The monoisotopic (exact) mass is 292 g/mol. The Hall–Kier alpha value is -2.25. The smallest absolute Gasteiger partial charge is 0.236 e. The van der Waals surface area contributed by atoms with Gasteiger partial charge in [-0.15, -0.1) is 0 Å². The summed E-state index contributed by atoms with van der Waals surface area (Å²) in [6.45, 7) is 4.20. The highest BCUT2D eigenvalue weighted by molar-refractivity contribution is 6.00.